The highest BCUT2D eigenvalue weighted by Crippen LogP contribution is 2.25. The van der Waals surface area contributed by atoms with Gasteiger partial charge in [0.1, 0.15) is 0 Å². The molecule has 3 rings (SSSR count). The second-order valence-electron chi connectivity index (χ2n) is 6.56. The number of hydrogen-bond donors (Lipinski definition) is 0. The molecule has 4 nitrogen and oxygen atoms in total. The van der Waals surface area contributed by atoms with Crippen molar-refractivity contribution in [2.45, 2.75) is 35.8 Å². The van der Waals surface area contributed by atoms with Crippen LogP contribution in [0.25, 0.3) is 0 Å². The van der Waals surface area contributed by atoms with Crippen molar-refractivity contribution in [1.29, 1.82) is 0 Å². The van der Waals surface area contributed by atoms with Gasteiger partial charge in [0.2, 0.25) is 5.91 Å². The second kappa shape index (κ2) is 8.35. The molecule has 0 N–H and O–H groups in total. The fourth-order valence-electron chi connectivity index (χ4n) is 3.28. The number of rotatable bonds is 5. The van der Waals surface area contributed by atoms with Gasteiger partial charge in [-0.1, -0.05) is 46.3 Å². The number of carbonyl (C=O) groups is 1. The zero-order valence-electron chi connectivity index (χ0n) is 14.5. The van der Waals surface area contributed by atoms with Crippen molar-refractivity contribution >= 4 is 31.7 Å². The standard InChI is InChI=1S/C20H22BrNO3S/c21-17-9-6-16(7-10-17)8-11-20(23)22-14-12-19(13-15-22)26(24,25)18-4-2-1-3-5-18/h1-7,9-10,19H,8,11-15H2. The SMILES string of the molecule is O=C(CCc1ccc(Br)cc1)N1CCC(S(=O)(=O)c2ccccc2)CC1. The van der Waals surface area contributed by atoms with E-state index < -0.39 is 15.1 Å². The Morgan fingerprint density at radius 2 is 1.62 bits per heavy atom. The summed E-state index contributed by atoms with van der Waals surface area (Å²) in [6.45, 7) is 1.02. The van der Waals surface area contributed by atoms with Crippen LogP contribution in [0.3, 0.4) is 0 Å². The Bertz CT molecular complexity index is 842. The van der Waals surface area contributed by atoms with Crippen LogP contribution < -0.4 is 0 Å². The summed E-state index contributed by atoms with van der Waals surface area (Å²) < 4.78 is 26.4. The Morgan fingerprint density at radius 3 is 2.23 bits per heavy atom. The van der Waals surface area contributed by atoms with Gasteiger partial charge in [-0.3, -0.25) is 4.79 Å². The summed E-state index contributed by atoms with van der Waals surface area (Å²) in [6, 6.07) is 16.6. The van der Waals surface area contributed by atoms with Crippen LogP contribution in [0.5, 0.6) is 0 Å². The molecule has 1 fully saturated rings. The minimum Gasteiger partial charge on any atom is -0.343 e. The van der Waals surface area contributed by atoms with E-state index in [4.69, 9.17) is 0 Å². The van der Waals surface area contributed by atoms with E-state index in [1.54, 1.807) is 29.2 Å². The number of aryl methyl sites for hydroxylation is 1. The Morgan fingerprint density at radius 1 is 1.00 bits per heavy atom. The number of piperidine rings is 1. The molecule has 2 aromatic carbocycles. The van der Waals surface area contributed by atoms with E-state index in [0.29, 0.717) is 43.7 Å². The number of nitrogens with zero attached hydrogens (tertiary/aromatic N) is 1. The number of amides is 1. The van der Waals surface area contributed by atoms with Crippen molar-refractivity contribution in [3.05, 3.63) is 64.6 Å². The molecule has 0 atom stereocenters. The smallest absolute Gasteiger partial charge is 0.222 e. The molecular weight excluding hydrogens is 414 g/mol. The lowest BCUT2D eigenvalue weighted by Crippen LogP contribution is -2.42. The van der Waals surface area contributed by atoms with Crippen molar-refractivity contribution < 1.29 is 13.2 Å². The lowest BCUT2D eigenvalue weighted by molar-refractivity contribution is -0.132. The summed E-state index contributed by atoms with van der Waals surface area (Å²) in [4.78, 5) is 14.6. The van der Waals surface area contributed by atoms with Gasteiger partial charge in [0.15, 0.2) is 9.84 Å². The largest absolute Gasteiger partial charge is 0.343 e. The van der Waals surface area contributed by atoms with Crippen LogP contribution >= 0.6 is 15.9 Å². The Labute approximate surface area is 163 Å². The molecule has 0 saturated carbocycles. The molecule has 1 aliphatic heterocycles. The van der Waals surface area contributed by atoms with E-state index in [-0.39, 0.29) is 5.91 Å². The number of halogens is 1. The maximum absolute atomic E-state index is 12.7. The highest BCUT2D eigenvalue weighted by molar-refractivity contribution is 9.10. The fourth-order valence-corrected chi connectivity index (χ4v) is 5.30. The molecule has 1 aliphatic rings. The predicted molar refractivity (Wildman–Crippen MR) is 106 cm³/mol. The van der Waals surface area contributed by atoms with E-state index in [9.17, 15) is 13.2 Å². The van der Waals surface area contributed by atoms with Crippen molar-refractivity contribution in [1.82, 2.24) is 4.90 Å². The number of sulfone groups is 1. The Kier molecular flexibility index (Phi) is 6.14. The first kappa shape index (κ1) is 19.1. The minimum absolute atomic E-state index is 0.100. The summed E-state index contributed by atoms with van der Waals surface area (Å²) in [5.74, 6) is 0.100. The van der Waals surface area contributed by atoms with Crippen LogP contribution in [-0.4, -0.2) is 37.6 Å². The van der Waals surface area contributed by atoms with Crippen molar-refractivity contribution in [2.24, 2.45) is 0 Å². The average molecular weight is 436 g/mol. The van der Waals surface area contributed by atoms with Crippen LogP contribution in [0.15, 0.2) is 64.0 Å². The molecule has 1 saturated heterocycles. The summed E-state index contributed by atoms with van der Waals surface area (Å²) in [5.41, 5.74) is 1.13. The highest BCUT2D eigenvalue weighted by atomic mass is 79.9. The van der Waals surface area contributed by atoms with Gasteiger partial charge < -0.3 is 4.90 Å². The average Bonchev–Trinajstić information content (AvgIpc) is 2.68. The van der Waals surface area contributed by atoms with E-state index >= 15 is 0 Å². The number of hydrogen-bond acceptors (Lipinski definition) is 3. The van der Waals surface area contributed by atoms with Crippen molar-refractivity contribution in [3.8, 4) is 0 Å². The molecular formula is C20H22BrNO3S. The van der Waals surface area contributed by atoms with Gasteiger partial charge in [-0.05, 0) is 49.1 Å². The molecule has 0 radical (unpaired) electrons. The maximum Gasteiger partial charge on any atom is 0.222 e. The van der Waals surface area contributed by atoms with Crippen molar-refractivity contribution in [2.75, 3.05) is 13.1 Å². The van der Waals surface area contributed by atoms with E-state index in [0.717, 1.165) is 10.0 Å². The van der Waals surface area contributed by atoms with Gasteiger partial charge in [0.25, 0.3) is 0 Å². The second-order valence-corrected chi connectivity index (χ2v) is 9.71. The lowest BCUT2D eigenvalue weighted by atomic mass is 10.1. The van der Waals surface area contributed by atoms with Gasteiger partial charge in [-0.25, -0.2) is 8.42 Å². The van der Waals surface area contributed by atoms with Crippen LogP contribution in [-0.2, 0) is 21.1 Å². The van der Waals surface area contributed by atoms with Gasteiger partial charge >= 0.3 is 0 Å². The zero-order valence-corrected chi connectivity index (χ0v) is 16.9. The first-order chi connectivity index (χ1) is 12.5. The molecule has 0 unspecified atom stereocenters. The van der Waals surface area contributed by atoms with Crippen LogP contribution in [0.2, 0.25) is 0 Å². The zero-order chi connectivity index (χ0) is 18.6. The van der Waals surface area contributed by atoms with E-state index in [2.05, 4.69) is 15.9 Å². The van der Waals surface area contributed by atoms with Gasteiger partial charge in [-0.2, -0.15) is 0 Å². The normalized spacial score (nSPS) is 15.8. The number of likely N-dealkylation sites (tertiary alicyclic amines) is 1. The van der Waals surface area contributed by atoms with Gasteiger partial charge in [0, 0.05) is 24.0 Å². The Hall–Kier alpha value is -1.66. The monoisotopic (exact) mass is 435 g/mol. The van der Waals surface area contributed by atoms with Crippen molar-refractivity contribution in [3.63, 3.8) is 0 Å². The number of benzene rings is 2. The van der Waals surface area contributed by atoms with Crippen LogP contribution in [0.1, 0.15) is 24.8 Å². The molecule has 0 bridgehead atoms. The molecule has 26 heavy (non-hydrogen) atoms. The number of carbonyl (C=O) groups excluding carboxylic acids is 1. The molecule has 0 spiro atoms. The molecule has 0 aromatic heterocycles. The quantitative estimate of drug-likeness (QED) is 0.716. The third-order valence-electron chi connectivity index (χ3n) is 4.85. The first-order valence-corrected chi connectivity index (χ1v) is 11.1. The summed E-state index contributed by atoms with van der Waals surface area (Å²) in [5, 5.41) is -0.402. The fraction of sp³-hybridized carbons (Fsp3) is 0.350. The summed E-state index contributed by atoms with van der Waals surface area (Å²) >= 11 is 3.40. The van der Waals surface area contributed by atoms with E-state index in [1.165, 1.54) is 0 Å². The van der Waals surface area contributed by atoms with Crippen LogP contribution in [0, 0.1) is 0 Å². The van der Waals surface area contributed by atoms with Crippen LogP contribution in [0.4, 0.5) is 0 Å². The lowest BCUT2D eigenvalue weighted by Gasteiger charge is -2.32. The summed E-state index contributed by atoms with van der Waals surface area (Å²) in [6.07, 6.45) is 2.16. The predicted octanol–water partition coefficient (Wildman–Crippen LogP) is 3.85. The first-order valence-electron chi connectivity index (χ1n) is 8.78. The molecule has 0 aliphatic carbocycles. The topological polar surface area (TPSA) is 54.5 Å². The molecule has 1 amide bonds. The Balaban J connectivity index is 1.53. The highest BCUT2D eigenvalue weighted by Gasteiger charge is 2.32. The third-order valence-corrected chi connectivity index (χ3v) is 7.65. The maximum atomic E-state index is 12.7. The van der Waals surface area contributed by atoms with Gasteiger partial charge in [0.05, 0.1) is 10.1 Å². The molecule has 138 valence electrons. The molecule has 6 heteroatoms. The molecule has 1 heterocycles. The minimum atomic E-state index is -3.31. The third kappa shape index (κ3) is 4.54. The summed E-state index contributed by atoms with van der Waals surface area (Å²) in [7, 11) is -3.31. The molecule has 2 aromatic rings. The van der Waals surface area contributed by atoms with E-state index in [1.807, 2.05) is 30.3 Å². The van der Waals surface area contributed by atoms with Gasteiger partial charge in [-0.15, -0.1) is 0 Å².